The van der Waals surface area contributed by atoms with Gasteiger partial charge >= 0.3 is 11.9 Å². The maximum Gasteiger partial charge on any atom is 0.338 e. The zero-order valence-electron chi connectivity index (χ0n) is 31.1. The van der Waals surface area contributed by atoms with Gasteiger partial charge in [-0.1, -0.05) is 84.9 Å². The number of carboxylic acid groups (broad SMARTS) is 1. The summed E-state index contributed by atoms with van der Waals surface area (Å²) in [6.45, 7) is 0.676. The van der Waals surface area contributed by atoms with Gasteiger partial charge in [0.05, 0.1) is 52.9 Å². The minimum atomic E-state index is -1.04. The van der Waals surface area contributed by atoms with Crippen molar-refractivity contribution in [2.75, 3.05) is 21.3 Å². The fourth-order valence-corrected chi connectivity index (χ4v) is 7.91. The maximum atomic E-state index is 12.5. The van der Waals surface area contributed by atoms with E-state index < -0.39 is 11.9 Å². The van der Waals surface area contributed by atoms with Crippen LogP contribution in [-0.2, 0) is 18.0 Å². The summed E-state index contributed by atoms with van der Waals surface area (Å²) >= 11 is 2.96. The van der Waals surface area contributed by atoms with Crippen LogP contribution in [0.15, 0.2) is 133 Å². The van der Waals surface area contributed by atoms with Crippen LogP contribution in [0.5, 0.6) is 23.0 Å². The van der Waals surface area contributed by atoms with Gasteiger partial charge in [-0.25, -0.2) is 19.6 Å². The number of thiazole rings is 2. The molecule has 57 heavy (non-hydrogen) atoms. The highest BCUT2D eigenvalue weighted by Crippen LogP contribution is 2.41. The van der Waals surface area contributed by atoms with Crippen molar-refractivity contribution in [2.24, 2.45) is 0 Å². The zero-order valence-corrected chi connectivity index (χ0v) is 32.8. The summed E-state index contributed by atoms with van der Waals surface area (Å²) in [4.78, 5) is 33.7. The number of carbonyl (C=O) groups is 2. The third-order valence-electron chi connectivity index (χ3n) is 8.77. The van der Waals surface area contributed by atoms with E-state index in [4.69, 9.17) is 23.7 Å². The number of benzene rings is 6. The summed E-state index contributed by atoms with van der Waals surface area (Å²) < 4.78 is 29.8. The van der Waals surface area contributed by atoms with Gasteiger partial charge < -0.3 is 28.8 Å². The van der Waals surface area contributed by atoms with Gasteiger partial charge in [-0.15, -0.1) is 22.7 Å². The molecule has 0 atom stereocenters. The van der Waals surface area contributed by atoms with Gasteiger partial charge in [-0.2, -0.15) is 0 Å². The molecule has 0 bridgehead atoms. The first-order valence-corrected chi connectivity index (χ1v) is 19.3. The van der Waals surface area contributed by atoms with E-state index in [0.29, 0.717) is 57.9 Å². The van der Waals surface area contributed by atoms with Gasteiger partial charge in [0.1, 0.15) is 23.2 Å². The molecule has 0 aliphatic carbocycles. The van der Waals surface area contributed by atoms with Crippen molar-refractivity contribution >= 4 is 55.0 Å². The number of fused-ring (bicyclic) bond motifs is 2. The van der Waals surface area contributed by atoms with E-state index in [-0.39, 0.29) is 5.56 Å². The predicted molar refractivity (Wildman–Crippen MR) is 223 cm³/mol. The summed E-state index contributed by atoms with van der Waals surface area (Å²) in [5, 5.41) is 11.1. The lowest BCUT2D eigenvalue weighted by Gasteiger charge is -2.14. The van der Waals surface area contributed by atoms with E-state index in [1.807, 2.05) is 109 Å². The number of carbonyl (C=O) groups excluding carboxylic acids is 1. The first-order chi connectivity index (χ1) is 27.8. The molecular weight excluding hydrogens is 761 g/mol. The Morgan fingerprint density at radius 2 is 0.965 bits per heavy atom. The predicted octanol–water partition coefficient (Wildman–Crippen LogP) is 10.6. The first kappa shape index (κ1) is 38.5. The molecule has 8 aromatic rings. The van der Waals surface area contributed by atoms with Crippen molar-refractivity contribution in [1.82, 2.24) is 9.97 Å². The highest BCUT2D eigenvalue weighted by Gasteiger charge is 2.22. The second kappa shape index (κ2) is 17.8. The van der Waals surface area contributed by atoms with Crippen molar-refractivity contribution in [2.45, 2.75) is 13.2 Å². The number of nitrogens with zero attached hydrogens (tertiary/aromatic N) is 2. The van der Waals surface area contributed by atoms with E-state index in [0.717, 1.165) is 36.6 Å². The van der Waals surface area contributed by atoms with Gasteiger partial charge in [0, 0.05) is 11.1 Å². The average Bonchev–Trinajstić information content (AvgIpc) is 3.90. The standard InChI is InChI=1S/C23H19NO4S.C22H17NO4S/c1-26-19-12-16(22-24-18-10-6-7-11-21(18)29-22)17(23(25)27-2)13-20(19)28-14-15-8-4-3-5-9-15;1-26-18-11-15(21-23-17-9-5-6-10-20(17)28-21)16(22(24)25)12-19(18)27-13-14-7-3-2-4-8-14/h3-13H,14H2,1-2H3;2-12H,13H2,1H3,(H,24,25). The van der Waals surface area contributed by atoms with Crippen molar-refractivity contribution < 1.29 is 38.4 Å². The molecule has 286 valence electrons. The molecule has 0 saturated carbocycles. The molecule has 8 rings (SSSR count). The lowest BCUT2D eigenvalue weighted by atomic mass is 10.1. The molecule has 0 spiro atoms. The monoisotopic (exact) mass is 796 g/mol. The second-order valence-corrected chi connectivity index (χ2v) is 14.5. The fraction of sp³-hybridized carbons (Fsp3) is 0.111. The molecule has 12 heteroatoms. The molecule has 0 fully saturated rings. The number of hydrogen-bond donors (Lipinski definition) is 1. The van der Waals surface area contributed by atoms with Gasteiger partial charge in [-0.05, 0) is 59.7 Å². The molecule has 6 aromatic carbocycles. The highest BCUT2D eigenvalue weighted by atomic mass is 32.1. The Balaban J connectivity index is 0.000000174. The van der Waals surface area contributed by atoms with Crippen LogP contribution in [0, 0.1) is 0 Å². The van der Waals surface area contributed by atoms with Gasteiger partial charge in [0.15, 0.2) is 23.0 Å². The largest absolute Gasteiger partial charge is 0.493 e. The maximum absolute atomic E-state index is 12.5. The van der Waals surface area contributed by atoms with Crippen LogP contribution in [0.3, 0.4) is 0 Å². The van der Waals surface area contributed by atoms with Gasteiger partial charge in [0.25, 0.3) is 0 Å². The molecule has 0 unspecified atom stereocenters. The van der Waals surface area contributed by atoms with Crippen LogP contribution in [0.1, 0.15) is 31.8 Å². The quantitative estimate of drug-likeness (QED) is 0.119. The molecule has 0 aliphatic rings. The lowest BCUT2D eigenvalue weighted by molar-refractivity contribution is 0.0600. The van der Waals surface area contributed by atoms with Crippen LogP contribution < -0.4 is 18.9 Å². The normalized spacial score (nSPS) is 10.7. The summed E-state index contributed by atoms with van der Waals surface area (Å²) in [7, 11) is 4.47. The molecular formula is C45H36N2O8S2. The number of para-hydroxylation sites is 2. The van der Waals surface area contributed by atoms with Crippen LogP contribution in [-0.4, -0.2) is 48.3 Å². The average molecular weight is 797 g/mol. The van der Waals surface area contributed by atoms with Crippen LogP contribution in [0.2, 0.25) is 0 Å². The minimum absolute atomic E-state index is 0.128. The zero-order chi connectivity index (χ0) is 39.7. The molecule has 1 N–H and O–H groups in total. The van der Waals surface area contributed by atoms with E-state index in [1.165, 1.54) is 43.0 Å². The molecule has 2 aromatic heterocycles. The first-order valence-electron chi connectivity index (χ1n) is 17.7. The van der Waals surface area contributed by atoms with Crippen LogP contribution >= 0.6 is 22.7 Å². The summed E-state index contributed by atoms with van der Waals surface area (Å²) in [5.74, 6) is 0.362. The highest BCUT2D eigenvalue weighted by molar-refractivity contribution is 7.22. The number of ether oxygens (including phenoxy) is 5. The smallest absolute Gasteiger partial charge is 0.338 e. The Morgan fingerprint density at radius 3 is 1.39 bits per heavy atom. The van der Waals surface area contributed by atoms with E-state index >= 15 is 0 Å². The van der Waals surface area contributed by atoms with E-state index in [2.05, 4.69) is 9.97 Å². The lowest BCUT2D eigenvalue weighted by Crippen LogP contribution is -2.06. The fourth-order valence-electron chi connectivity index (χ4n) is 5.92. The third-order valence-corrected chi connectivity index (χ3v) is 10.9. The van der Waals surface area contributed by atoms with Crippen molar-refractivity contribution in [3.8, 4) is 44.1 Å². The summed E-state index contributed by atoms with van der Waals surface area (Å²) in [5.41, 5.74) is 5.40. The van der Waals surface area contributed by atoms with Crippen molar-refractivity contribution in [1.29, 1.82) is 0 Å². The number of aromatic carboxylic acids is 1. The van der Waals surface area contributed by atoms with E-state index in [9.17, 15) is 14.7 Å². The van der Waals surface area contributed by atoms with Crippen LogP contribution in [0.25, 0.3) is 41.6 Å². The third kappa shape index (κ3) is 8.88. The Bertz CT molecular complexity index is 2590. The van der Waals surface area contributed by atoms with Crippen molar-refractivity contribution in [3.05, 3.63) is 156 Å². The topological polar surface area (TPSA) is 126 Å². The Morgan fingerprint density at radius 1 is 0.544 bits per heavy atom. The molecule has 10 nitrogen and oxygen atoms in total. The second-order valence-electron chi connectivity index (χ2n) is 12.4. The van der Waals surface area contributed by atoms with Crippen molar-refractivity contribution in [3.63, 3.8) is 0 Å². The SMILES string of the molecule is COC(=O)c1cc(OCc2ccccc2)c(OC)cc1-c1nc2ccccc2s1.COc1cc(-c2nc3ccccc3s2)c(C(=O)O)cc1OCc1ccccc1. The number of rotatable bonds is 12. The number of hydrogen-bond acceptors (Lipinski definition) is 11. The number of esters is 1. The summed E-state index contributed by atoms with van der Waals surface area (Å²) in [6, 6.07) is 41.7. The minimum Gasteiger partial charge on any atom is -0.493 e. The van der Waals surface area contributed by atoms with E-state index in [1.54, 1.807) is 25.3 Å². The molecule has 2 heterocycles. The molecule has 0 saturated heterocycles. The van der Waals surface area contributed by atoms with Gasteiger partial charge in [-0.3, -0.25) is 0 Å². The Labute approximate surface area is 336 Å². The molecule has 0 aliphatic heterocycles. The molecule has 0 amide bonds. The summed E-state index contributed by atoms with van der Waals surface area (Å²) in [6.07, 6.45) is 0. The molecule has 0 radical (unpaired) electrons. The number of carboxylic acids is 1. The Kier molecular flexibility index (Phi) is 12.0. The van der Waals surface area contributed by atoms with Gasteiger partial charge in [0.2, 0.25) is 0 Å². The number of methoxy groups -OCH3 is 3. The Hall–Kier alpha value is -6.76. The van der Waals surface area contributed by atoms with Crippen LogP contribution in [0.4, 0.5) is 0 Å². The number of aromatic nitrogens is 2.